The molecular formula is C17H16N4S. The van der Waals surface area contributed by atoms with Crippen LogP contribution in [0.1, 0.15) is 18.4 Å². The predicted octanol–water partition coefficient (Wildman–Crippen LogP) is 4.22. The number of nitrogens with one attached hydrogen (secondary N) is 1. The van der Waals surface area contributed by atoms with Crippen molar-refractivity contribution in [3.05, 3.63) is 60.1 Å². The Morgan fingerprint density at radius 1 is 1.45 bits per heavy atom. The minimum atomic E-state index is 0.649. The zero-order valence-corrected chi connectivity index (χ0v) is 13.2. The maximum absolute atomic E-state index is 8.95. The largest absolute Gasteiger partial charge is 0.332 e. The van der Waals surface area contributed by atoms with Gasteiger partial charge in [0.1, 0.15) is 5.82 Å². The van der Waals surface area contributed by atoms with Crippen molar-refractivity contribution >= 4 is 26.7 Å². The van der Waals surface area contributed by atoms with E-state index in [2.05, 4.69) is 41.2 Å². The molecule has 5 heteroatoms. The summed E-state index contributed by atoms with van der Waals surface area (Å²) in [6, 6.07) is 7.66. The molecule has 0 radical (unpaired) electrons. The Hall–Kier alpha value is -2.58. The minimum absolute atomic E-state index is 0.649. The lowest BCUT2D eigenvalue weighted by molar-refractivity contribution is 0.538. The van der Waals surface area contributed by atoms with Gasteiger partial charge in [-0.15, -0.1) is 0 Å². The third kappa shape index (κ3) is 2.87. The second kappa shape index (κ2) is 6.04. The number of thiazole rings is 1. The van der Waals surface area contributed by atoms with Gasteiger partial charge in [0.25, 0.3) is 0 Å². The molecule has 0 unspecified atom stereocenters. The van der Waals surface area contributed by atoms with Gasteiger partial charge in [-0.1, -0.05) is 30.1 Å². The molecule has 1 aromatic carbocycles. The number of allylic oxidation sites excluding steroid dienone is 3. The van der Waals surface area contributed by atoms with Crippen LogP contribution in [-0.4, -0.2) is 16.9 Å². The molecule has 1 heterocycles. The van der Waals surface area contributed by atoms with Crippen LogP contribution in [0.25, 0.3) is 10.2 Å². The molecule has 0 bridgehead atoms. The Morgan fingerprint density at radius 2 is 2.32 bits per heavy atom. The van der Waals surface area contributed by atoms with E-state index in [-0.39, 0.29) is 0 Å². The third-order valence-corrected chi connectivity index (χ3v) is 4.47. The molecular weight excluding hydrogens is 292 g/mol. The highest BCUT2D eigenvalue weighted by Gasteiger charge is 2.10. The van der Waals surface area contributed by atoms with E-state index in [0.29, 0.717) is 5.56 Å². The third-order valence-electron chi connectivity index (χ3n) is 3.54. The van der Waals surface area contributed by atoms with Crippen LogP contribution in [0.2, 0.25) is 0 Å². The summed E-state index contributed by atoms with van der Waals surface area (Å²) in [7, 11) is 1.98. The van der Waals surface area contributed by atoms with Gasteiger partial charge in [-0.2, -0.15) is 5.26 Å². The first-order valence-electron chi connectivity index (χ1n) is 7.04. The highest BCUT2D eigenvalue weighted by molar-refractivity contribution is 7.22. The number of aromatic nitrogens is 1. The Bertz CT molecular complexity index is 823. The van der Waals surface area contributed by atoms with Crippen molar-refractivity contribution in [1.82, 2.24) is 9.88 Å². The monoisotopic (exact) mass is 308 g/mol. The van der Waals surface area contributed by atoms with E-state index in [4.69, 9.17) is 5.26 Å². The van der Waals surface area contributed by atoms with Crippen molar-refractivity contribution in [2.45, 2.75) is 12.8 Å². The maximum Gasteiger partial charge on any atom is 0.189 e. The first kappa shape index (κ1) is 14.4. The zero-order valence-electron chi connectivity index (χ0n) is 12.3. The number of benzene rings is 1. The molecule has 4 nitrogen and oxygen atoms in total. The predicted molar refractivity (Wildman–Crippen MR) is 91.3 cm³/mol. The number of fused-ring (bicyclic) bond motifs is 1. The highest BCUT2D eigenvalue weighted by atomic mass is 32.1. The van der Waals surface area contributed by atoms with Gasteiger partial charge in [0.15, 0.2) is 5.13 Å². The lowest BCUT2D eigenvalue weighted by Crippen LogP contribution is -2.21. The van der Waals surface area contributed by atoms with E-state index < -0.39 is 0 Å². The molecule has 1 aromatic heterocycles. The van der Waals surface area contributed by atoms with Crippen LogP contribution in [0.3, 0.4) is 0 Å². The van der Waals surface area contributed by atoms with E-state index in [0.717, 1.165) is 39.7 Å². The summed E-state index contributed by atoms with van der Waals surface area (Å²) in [5.41, 5.74) is 2.67. The van der Waals surface area contributed by atoms with E-state index in [1.54, 1.807) is 6.07 Å². The molecule has 1 aliphatic carbocycles. The Kier molecular flexibility index (Phi) is 3.94. The SMILES string of the molecule is C=C(Nc1nc2ccc(C#N)cc2s1)N(C)C1=CCCC=C1. The fourth-order valence-corrected chi connectivity index (χ4v) is 3.18. The molecule has 0 fully saturated rings. The van der Waals surface area contributed by atoms with Crippen molar-refractivity contribution in [2.75, 3.05) is 12.4 Å². The molecule has 0 spiro atoms. The average Bonchev–Trinajstić information content (AvgIpc) is 2.95. The molecule has 1 N–H and O–H groups in total. The zero-order chi connectivity index (χ0) is 15.5. The molecule has 22 heavy (non-hydrogen) atoms. The number of hydrogen-bond acceptors (Lipinski definition) is 5. The van der Waals surface area contributed by atoms with Gasteiger partial charge < -0.3 is 10.2 Å². The Balaban J connectivity index is 1.78. The van der Waals surface area contributed by atoms with Crippen LogP contribution in [0.4, 0.5) is 5.13 Å². The summed E-state index contributed by atoms with van der Waals surface area (Å²) < 4.78 is 0.994. The normalized spacial score (nSPS) is 13.5. The minimum Gasteiger partial charge on any atom is -0.332 e. The molecule has 0 atom stereocenters. The van der Waals surface area contributed by atoms with E-state index in [1.807, 2.05) is 24.1 Å². The lowest BCUT2D eigenvalue weighted by Gasteiger charge is -2.24. The maximum atomic E-state index is 8.95. The summed E-state index contributed by atoms with van der Waals surface area (Å²) in [6.45, 7) is 4.08. The van der Waals surface area contributed by atoms with Crippen LogP contribution in [-0.2, 0) is 0 Å². The molecule has 0 amide bonds. The topological polar surface area (TPSA) is 52.0 Å². The molecule has 3 rings (SSSR count). The second-order valence-corrected chi connectivity index (χ2v) is 6.08. The van der Waals surface area contributed by atoms with E-state index in [9.17, 15) is 0 Å². The van der Waals surface area contributed by atoms with E-state index >= 15 is 0 Å². The first-order chi connectivity index (χ1) is 10.7. The average molecular weight is 308 g/mol. The number of nitrogens with zero attached hydrogens (tertiary/aromatic N) is 3. The molecule has 2 aromatic rings. The standard InChI is InChI=1S/C17H16N4S/c1-12(21(2)14-6-4-3-5-7-14)19-17-20-15-9-8-13(11-18)10-16(15)22-17/h4,6-10H,1,3,5H2,2H3,(H,19,20). The van der Waals surface area contributed by atoms with Crippen molar-refractivity contribution in [3.63, 3.8) is 0 Å². The summed E-state index contributed by atoms with van der Waals surface area (Å²) >= 11 is 1.52. The van der Waals surface area contributed by atoms with Crippen molar-refractivity contribution in [2.24, 2.45) is 0 Å². The molecule has 0 saturated heterocycles. The summed E-state index contributed by atoms with van der Waals surface area (Å²) in [5.74, 6) is 0.775. The number of rotatable bonds is 4. The van der Waals surface area contributed by atoms with Gasteiger partial charge in [-0.05, 0) is 37.1 Å². The van der Waals surface area contributed by atoms with Crippen molar-refractivity contribution < 1.29 is 0 Å². The molecule has 0 aliphatic heterocycles. The molecule has 0 saturated carbocycles. The van der Waals surface area contributed by atoms with Crippen LogP contribution in [0, 0.1) is 11.3 Å². The van der Waals surface area contributed by atoms with Crippen LogP contribution >= 0.6 is 11.3 Å². The number of nitriles is 1. The smallest absolute Gasteiger partial charge is 0.189 e. The number of anilines is 1. The van der Waals surface area contributed by atoms with Gasteiger partial charge in [0.05, 0.1) is 21.8 Å². The summed E-state index contributed by atoms with van der Waals surface area (Å²) in [4.78, 5) is 6.54. The number of hydrogen-bond donors (Lipinski definition) is 1. The van der Waals surface area contributed by atoms with Crippen LogP contribution in [0.5, 0.6) is 0 Å². The first-order valence-corrected chi connectivity index (χ1v) is 7.86. The van der Waals surface area contributed by atoms with Crippen molar-refractivity contribution in [1.29, 1.82) is 5.26 Å². The highest BCUT2D eigenvalue weighted by Crippen LogP contribution is 2.28. The van der Waals surface area contributed by atoms with Crippen molar-refractivity contribution in [3.8, 4) is 6.07 Å². The lowest BCUT2D eigenvalue weighted by atomic mass is 10.1. The van der Waals surface area contributed by atoms with Crippen LogP contribution < -0.4 is 5.32 Å². The summed E-state index contributed by atoms with van der Waals surface area (Å²) in [5, 5.41) is 13.0. The van der Waals surface area contributed by atoms with E-state index in [1.165, 1.54) is 11.3 Å². The fraction of sp³-hybridized carbons (Fsp3) is 0.176. The fourth-order valence-electron chi connectivity index (χ4n) is 2.26. The molecule has 1 aliphatic rings. The summed E-state index contributed by atoms with van der Waals surface area (Å²) in [6.07, 6.45) is 8.62. The van der Waals surface area contributed by atoms with Gasteiger partial charge in [0, 0.05) is 12.7 Å². The molecule has 110 valence electrons. The Morgan fingerprint density at radius 3 is 3.05 bits per heavy atom. The van der Waals surface area contributed by atoms with Gasteiger partial charge in [0.2, 0.25) is 0 Å². The quantitative estimate of drug-likeness (QED) is 0.919. The van der Waals surface area contributed by atoms with Gasteiger partial charge in [-0.3, -0.25) is 0 Å². The Labute approximate surface area is 133 Å². The van der Waals surface area contributed by atoms with Gasteiger partial charge >= 0.3 is 0 Å². The van der Waals surface area contributed by atoms with Crippen LogP contribution in [0.15, 0.2) is 54.5 Å². The number of likely N-dealkylation sites (N-methyl/N-ethyl adjacent to an activating group) is 1. The van der Waals surface area contributed by atoms with Gasteiger partial charge in [-0.25, -0.2) is 4.98 Å². The second-order valence-electron chi connectivity index (χ2n) is 5.05.